The van der Waals surface area contributed by atoms with Crippen molar-refractivity contribution in [2.75, 3.05) is 7.11 Å². The summed E-state index contributed by atoms with van der Waals surface area (Å²) in [4.78, 5) is 11.2. The van der Waals surface area contributed by atoms with Gasteiger partial charge < -0.3 is 4.74 Å². The number of rotatable bonds is 1. The Labute approximate surface area is 99.1 Å². The lowest BCUT2D eigenvalue weighted by Gasteiger charge is -2.29. The largest absolute Gasteiger partial charge is 0.466 e. The summed E-state index contributed by atoms with van der Waals surface area (Å²) in [6.45, 7) is 6.94. The number of hydrogen-bond acceptors (Lipinski definition) is 2. The van der Waals surface area contributed by atoms with Crippen LogP contribution < -0.4 is 0 Å². The van der Waals surface area contributed by atoms with Crippen molar-refractivity contribution in [3.63, 3.8) is 0 Å². The van der Waals surface area contributed by atoms with E-state index >= 15 is 0 Å². The molecule has 0 aromatic rings. The Morgan fingerprint density at radius 1 is 1.31 bits per heavy atom. The lowest BCUT2D eigenvalue weighted by molar-refractivity contribution is -0.134. The van der Waals surface area contributed by atoms with Crippen LogP contribution in [0, 0.1) is 11.3 Å². The molecule has 1 aliphatic rings. The van der Waals surface area contributed by atoms with Gasteiger partial charge in [0.2, 0.25) is 0 Å². The van der Waals surface area contributed by atoms with Crippen LogP contribution in [0.5, 0.6) is 0 Å². The van der Waals surface area contributed by atoms with Crippen molar-refractivity contribution < 1.29 is 9.53 Å². The van der Waals surface area contributed by atoms with Crippen LogP contribution in [0.2, 0.25) is 0 Å². The summed E-state index contributed by atoms with van der Waals surface area (Å²) in [5, 5.41) is 0. The number of carbonyl (C=O) groups is 1. The van der Waals surface area contributed by atoms with Crippen LogP contribution in [0.1, 0.15) is 52.9 Å². The first-order chi connectivity index (χ1) is 7.43. The van der Waals surface area contributed by atoms with Gasteiger partial charge in [-0.05, 0) is 43.4 Å². The molecule has 0 radical (unpaired) electrons. The summed E-state index contributed by atoms with van der Waals surface area (Å²) in [7, 11) is 1.44. The number of carbonyl (C=O) groups excluding carboxylic acids is 1. The highest BCUT2D eigenvalue weighted by molar-refractivity contribution is 5.82. The van der Waals surface area contributed by atoms with Gasteiger partial charge in [-0.15, -0.1) is 0 Å². The Bertz CT molecular complexity index is 271. The molecule has 0 aromatic heterocycles. The SMILES string of the molecule is COC(=O)/C=C1/CCCC(C(C)(C)C)CC1. The van der Waals surface area contributed by atoms with E-state index in [2.05, 4.69) is 25.5 Å². The Kier molecular flexibility index (Phi) is 4.57. The van der Waals surface area contributed by atoms with Crippen LogP contribution in [0.25, 0.3) is 0 Å². The molecule has 0 spiro atoms. The van der Waals surface area contributed by atoms with Crippen molar-refractivity contribution in [2.45, 2.75) is 52.9 Å². The third-order valence-electron chi connectivity index (χ3n) is 3.61. The Balaban J connectivity index is 2.59. The van der Waals surface area contributed by atoms with Gasteiger partial charge in [0, 0.05) is 6.08 Å². The fraction of sp³-hybridized carbons (Fsp3) is 0.786. The van der Waals surface area contributed by atoms with Crippen LogP contribution in [0.3, 0.4) is 0 Å². The molecular formula is C14H24O2. The van der Waals surface area contributed by atoms with E-state index in [9.17, 15) is 4.79 Å². The second kappa shape index (κ2) is 5.51. The molecule has 0 aromatic carbocycles. The Hall–Kier alpha value is -0.790. The molecule has 1 saturated carbocycles. The summed E-state index contributed by atoms with van der Waals surface area (Å²) < 4.78 is 4.67. The van der Waals surface area contributed by atoms with Crippen LogP contribution in [0.4, 0.5) is 0 Å². The molecule has 1 aliphatic carbocycles. The van der Waals surface area contributed by atoms with Crippen molar-refractivity contribution in [1.29, 1.82) is 0 Å². The lowest BCUT2D eigenvalue weighted by atomic mass is 9.76. The molecule has 2 nitrogen and oxygen atoms in total. The van der Waals surface area contributed by atoms with Gasteiger partial charge in [0.25, 0.3) is 0 Å². The molecule has 1 atom stereocenters. The van der Waals surface area contributed by atoms with E-state index in [0.717, 1.165) is 18.8 Å². The molecule has 0 N–H and O–H groups in total. The second-order valence-electron chi connectivity index (χ2n) is 5.82. The zero-order valence-electron chi connectivity index (χ0n) is 11.0. The predicted molar refractivity (Wildman–Crippen MR) is 66.1 cm³/mol. The van der Waals surface area contributed by atoms with Gasteiger partial charge in [-0.1, -0.05) is 26.3 Å². The molecule has 0 amide bonds. The fourth-order valence-corrected chi connectivity index (χ4v) is 2.44. The summed E-state index contributed by atoms with van der Waals surface area (Å²) in [6, 6.07) is 0. The zero-order chi connectivity index (χ0) is 12.2. The minimum absolute atomic E-state index is 0.204. The van der Waals surface area contributed by atoms with Gasteiger partial charge in [-0.25, -0.2) is 4.79 Å². The van der Waals surface area contributed by atoms with Crippen molar-refractivity contribution in [3.8, 4) is 0 Å². The van der Waals surface area contributed by atoms with E-state index in [0.29, 0.717) is 5.41 Å². The standard InChI is InChI=1S/C14H24O2/c1-14(2,3)12-7-5-6-11(8-9-12)10-13(15)16-4/h10,12H,5-9H2,1-4H3/b11-10-. The van der Waals surface area contributed by atoms with Crippen molar-refractivity contribution >= 4 is 5.97 Å². The summed E-state index contributed by atoms with van der Waals surface area (Å²) in [5.41, 5.74) is 1.65. The Morgan fingerprint density at radius 3 is 2.56 bits per heavy atom. The molecule has 16 heavy (non-hydrogen) atoms. The summed E-state index contributed by atoms with van der Waals surface area (Å²) in [5.74, 6) is 0.570. The van der Waals surface area contributed by atoms with E-state index in [1.807, 2.05) is 0 Å². The smallest absolute Gasteiger partial charge is 0.330 e. The highest BCUT2D eigenvalue weighted by Crippen LogP contribution is 2.38. The number of allylic oxidation sites excluding steroid dienone is 1. The normalized spacial score (nSPS) is 25.2. The molecule has 0 bridgehead atoms. The van der Waals surface area contributed by atoms with Crippen molar-refractivity contribution in [2.24, 2.45) is 11.3 Å². The first kappa shape index (κ1) is 13.3. The third-order valence-corrected chi connectivity index (χ3v) is 3.61. The van der Waals surface area contributed by atoms with Crippen LogP contribution in [-0.4, -0.2) is 13.1 Å². The average molecular weight is 224 g/mol. The fourth-order valence-electron chi connectivity index (χ4n) is 2.44. The van der Waals surface area contributed by atoms with Crippen molar-refractivity contribution in [3.05, 3.63) is 11.6 Å². The van der Waals surface area contributed by atoms with Gasteiger partial charge >= 0.3 is 5.97 Å². The topological polar surface area (TPSA) is 26.3 Å². The molecule has 0 saturated heterocycles. The predicted octanol–water partition coefficient (Wildman–Crippen LogP) is 3.71. The number of methoxy groups -OCH3 is 1. The quantitative estimate of drug-likeness (QED) is 0.385. The average Bonchev–Trinajstić information content (AvgIpc) is 2.42. The number of esters is 1. The van der Waals surface area contributed by atoms with E-state index in [-0.39, 0.29) is 5.97 Å². The molecule has 1 fully saturated rings. The monoisotopic (exact) mass is 224 g/mol. The molecule has 1 rings (SSSR count). The molecule has 0 aliphatic heterocycles. The van der Waals surface area contributed by atoms with E-state index in [1.165, 1.54) is 31.9 Å². The maximum atomic E-state index is 11.2. The lowest BCUT2D eigenvalue weighted by Crippen LogP contribution is -2.19. The highest BCUT2D eigenvalue weighted by Gasteiger charge is 2.26. The number of hydrogen-bond donors (Lipinski definition) is 0. The van der Waals surface area contributed by atoms with Gasteiger partial charge in [0.15, 0.2) is 0 Å². The summed E-state index contributed by atoms with van der Waals surface area (Å²) in [6.07, 6.45) is 7.48. The highest BCUT2D eigenvalue weighted by atomic mass is 16.5. The molecule has 1 unspecified atom stereocenters. The van der Waals surface area contributed by atoms with Crippen LogP contribution in [-0.2, 0) is 9.53 Å². The van der Waals surface area contributed by atoms with Gasteiger partial charge in [-0.3, -0.25) is 0 Å². The van der Waals surface area contributed by atoms with E-state index < -0.39 is 0 Å². The van der Waals surface area contributed by atoms with Gasteiger partial charge in [-0.2, -0.15) is 0 Å². The van der Waals surface area contributed by atoms with Gasteiger partial charge in [0.05, 0.1) is 7.11 Å². The Morgan fingerprint density at radius 2 is 2.00 bits per heavy atom. The molecule has 2 heteroatoms. The van der Waals surface area contributed by atoms with E-state index in [1.54, 1.807) is 6.08 Å². The second-order valence-corrected chi connectivity index (χ2v) is 5.82. The maximum absolute atomic E-state index is 11.2. The summed E-state index contributed by atoms with van der Waals surface area (Å²) >= 11 is 0. The first-order valence-electron chi connectivity index (χ1n) is 6.21. The minimum Gasteiger partial charge on any atom is -0.466 e. The number of ether oxygens (including phenoxy) is 1. The minimum atomic E-state index is -0.204. The van der Waals surface area contributed by atoms with Gasteiger partial charge in [0.1, 0.15) is 0 Å². The maximum Gasteiger partial charge on any atom is 0.330 e. The zero-order valence-corrected chi connectivity index (χ0v) is 11.0. The molecule has 92 valence electrons. The first-order valence-corrected chi connectivity index (χ1v) is 6.21. The van der Waals surface area contributed by atoms with Crippen LogP contribution >= 0.6 is 0 Å². The van der Waals surface area contributed by atoms with E-state index in [4.69, 9.17) is 0 Å². The van der Waals surface area contributed by atoms with Crippen molar-refractivity contribution in [1.82, 2.24) is 0 Å². The van der Waals surface area contributed by atoms with Crippen LogP contribution in [0.15, 0.2) is 11.6 Å². The third kappa shape index (κ3) is 3.99. The molecule has 0 heterocycles. The molecular weight excluding hydrogens is 200 g/mol.